The molecule has 0 spiro atoms. The summed E-state index contributed by atoms with van der Waals surface area (Å²) in [6, 6.07) is 8.77. The summed E-state index contributed by atoms with van der Waals surface area (Å²) >= 11 is 0. The maximum atomic E-state index is 12.6. The van der Waals surface area contributed by atoms with Crippen molar-refractivity contribution in [3.8, 4) is 0 Å². The highest BCUT2D eigenvalue weighted by molar-refractivity contribution is 7.89. The van der Waals surface area contributed by atoms with Gasteiger partial charge in [-0.05, 0) is 44.0 Å². The third kappa shape index (κ3) is 4.21. The molecule has 0 radical (unpaired) electrons. The lowest BCUT2D eigenvalue weighted by Crippen LogP contribution is -2.35. The van der Waals surface area contributed by atoms with Crippen LogP contribution in [0.5, 0.6) is 0 Å². The van der Waals surface area contributed by atoms with Gasteiger partial charge in [0.05, 0.1) is 11.4 Å². The number of anilines is 1. The number of hydrogen-bond acceptors (Lipinski definition) is 6. The second-order valence-corrected chi connectivity index (χ2v) is 7.81. The summed E-state index contributed by atoms with van der Waals surface area (Å²) in [7, 11) is -3.46. The van der Waals surface area contributed by atoms with Gasteiger partial charge in [-0.1, -0.05) is 12.5 Å². The summed E-state index contributed by atoms with van der Waals surface area (Å²) < 4.78 is 26.7. The number of hydrazone groups is 1. The van der Waals surface area contributed by atoms with Crippen molar-refractivity contribution in [3.63, 3.8) is 0 Å². The number of nitrogens with zero attached hydrogens (tertiary/aromatic N) is 4. The fourth-order valence-corrected chi connectivity index (χ4v) is 4.09. The molecular weight excluding hydrogens is 338 g/mol. The van der Waals surface area contributed by atoms with Crippen molar-refractivity contribution in [1.29, 1.82) is 0 Å². The molecule has 0 aliphatic carbocycles. The summed E-state index contributed by atoms with van der Waals surface area (Å²) in [5.41, 5.74) is 4.31. The number of piperidine rings is 1. The van der Waals surface area contributed by atoms with Crippen LogP contribution >= 0.6 is 0 Å². The number of hydrogen-bond donors (Lipinski definition) is 1. The van der Waals surface area contributed by atoms with E-state index >= 15 is 0 Å². The maximum Gasteiger partial charge on any atom is 0.244 e. The predicted octanol–water partition coefficient (Wildman–Crippen LogP) is 2.49. The Morgan fingerprint density at radius 1 is 1.12 bits per heavy atom. The van der Waals surface area contributed by atoms with Crippen molar-refractivity contribution in [2.24, 2.45) is 5.10 Å². The van der Waals surface area contributed by atoms with Gasteiger partial charge in [-0.15, -0.1) is 0 Å². The molecule has 0 saturated carbocycles. The maximum absolute atomic E-state index is 12.6. The summed E-state index contributed by atoms with van der Waals surface area (Å²) in [4.78, 5) is 8.59. The van der Waals surface area contributed by atoms with E-state index in [1.165, 1.54) is 10.5 Å². The van der Waals surface area contributed by atoms with Crippen molar-refractivity contribution in [2.75, 3.05) is 18.5 Å². The van der Waals surface area contributed by atoms with Crippen LogP contribution < -0.4 is 5.43 Å². The van der Waals surface area contributed by atoms with Gasteiger partial charge < -0.3 is 0 Å². The molecule has 3 heterocycles. The fraction of sp³-hybridized carbons (Fsp3) is 0.353. The van der Waals surface area contributed by atoms with Crippen LogP contribution in [-0.2, 0) is 10.0 Å². The normalized spacial score (nSPS) is 16.6. The molecule has 1 fully saturated rings. The zero-order valence-corrected chi connectivity index (χ0v) is 14.9. The van der Waals surface area contributed by atoms with Gasteiger partial charge in [-0.2, -0.15) is 9.41 Å². The Morgan fingerprint density at radius 3 is 2.56 bits per heavy atom. The van der Waals surface area contributed by atoms with E-state index in [-0.39, 0.29) is 4.90 Å². The smallest absolute Gasteiger partial charge is 0.244 e. The third-order valence-electron chi connectivity index (χ3n) is 4.06. The number of rotatable bonds is 5. The Morgan fingerprint density at radius 2 is 1.92 bits per heavy atom. The second-order valence-electron chi connectivity index (χ2n) is 5.87. The Balaban J connectivity index is 1.70. The zero-order valence-electron chi connectivity index (χ0n) is 14.1. The molecule has 0 aromatic carbocycles. The number of nitrogens with one attached hydrogen (secondary N) is 1. The van der Waals surface area contributed by atoms with E-state index in [2.05, 4.69) is 20.5 Å². The average Bonchev–Trinajstić information content (AvgIpc) is 2.68. The molecule has 2 aromatic rings. The molecule has 132 valence electrons. The first-order valence-corrected chi connectivity index (χ1v) is 9.69. The van der Waals surface area contributed by atoms with E-state index in [9.17, 15) is 8.42 Å². The van der Waals surface area contributed by atoms with Crippen LogP contribution in [0.4, 0.5) is 5.82 Å². The average molecular weight is 359 g/mol. The lowest BCUT2D eigenvalue weighted by Gasteiger charge is -2.25. The summed E-state index contributed by atoms with van der Waals surface area (Å²) in [6.07, 6.45) is 5.98. The van der Waals surface area contributed by atoms with Gasteiger partial charge in [-0.3, -0.25) is 10.4 Å². The minimum absolute atomic E-state index is 0.213. The van der Waals surface area contributed by atoms with Gasteiger partial charge in [0.2, 0.25) is 10.0 Å². The molecule has 2 aromatic heterocycles. The van der Waals surface area contributed by atoms with E-state index < -0.39 is 10.0 Å². The van der Waals surface area contributed by atoms with Crippen molar-refractivity contribution in [1.82, 2.24) is 14.3 Å². The van der Waals surface area contributed by atoms with E-state index in [0.717, 1.165) is 25.0 Å². The molecule has 0 atom stereocenters. The number of aromatic nitrogens is 2. The molecule has 0 bridgehead atoms. The van der Waals surface area contributed by atoms with E-state index in [1.807, 2.05) is 25.1 Å². The largest absolute Gasteiger partial charge is 0.261 e. The van der Waals surface area contributed by atoms with Gasteiger partial charge in [0, 0.05) is 25.5 Å². The predicted molar refractivity (Wildman–Crippen MR) is 96.9 cm³/mol. The molecule has 8 heteroatoms. The van der Waals surface area contributed by atoms with Gasteiger partial charge in [0.1, 0.15) is 10.7 Å². The molecule has 25 heavy (non-hydrogen) atoms. The minimum atomic E-state index is -3.46. The van der Waals surface area contributed by atoms with Crippen LogP contribution in [0.3, 0.4) is 0 Å². The third-order valence-corrected chi connectivity index (χ3v) is 5.95. The lowest BCUT2D eigenvalue weighted by atomic mass is 10.2. The van der Waals surface area contributed by atoms with Gasteiger partial charge in [0.25, 0.3) is 0 Å². The molecule has 1 aliphatic heterocycles. The monoisotopic (exact) mass is 359 g/mol. The molecule has 0 amide bonds. The van der Waals surface area contributed by atoms with Crippen LogP contribution in [0.25, 0.3) is 0 Å². The first kappa shape index (κ1) is 17.5. The van der Waals surface area contributed by atoms with Gasteiger partial charge in [-0.25, -0.2) is 13.4 Å². The summed E-state index contributed by atoms with van der Waals surface area (Å²) in [6.45, 7) is 3.00. The SMILES string of the molecule is C/C(=N\Nc1ccc(S(=O)(=O)N2CCCCC2)cn1)c1ccccn1. The molecule has 3 rings (SSSR count). The van der Waals surface area contributed by atoms with Crippen molar-refractivity contribution in [2.45, 2.75) is 31.1 Å². The standard InChI is InChI=1S/C17H21N5O2S/c1-14(16-7-3-4-10-18-16)20-21-17-9-8-15(13-19-17)25(23,24)22-11-5-2-6-12-22/h3-4,7-10,13H,2,5-6,11-12H2,1H3,(H,19,21)/b20-14+. The molecular formula is C17H21N5O2S. The minimum Gasteiger partial charge on any atom is -0.261 e. The first-order valence-electron chi connectivity index (χ1n) is 8.25. The van der Waals surface area contributed by atoms with Gasteiger partial charge in [0.15, 0.2) is 0 Å². The molecule has 7 nitrogen and oxygen atoms in total. The van der Waals surface area contributed by atoms with E-state index in [1.54, 1.807) is 18.3 Å². The number of pyridine rings is 2. The lowest BCUT2D eigenvalue weighted by molar-refractivity contribution is 0.346. The highest BCUT2D eigenvalue weighted by Gasteiger charge is 2.26. The fourth-order valence-electron chi connectivity index (χ4n) is 2.63. The van der Waals surface area contributed by atoms with Crippen LogP contribution in [-0.4, -0.2) is 41.5 Å². The Kier molecular flexibility index (Phi) is 5.40. The zero-order chi connectivity index (χ0) is 17.7. The van der Waals surface area contributed by atoms with Crippen LogP contribution in [0.1, 0.15) is 31.9 Å². The number of sulfonamides is 1. The quantitative estimate of drug-likeness (QED) is 0.654. The van der Waals surface area contributed by atoms with Crippen LogP contribution in [0.2, 0.25) is 0 Å². The Bertz CT molecular complexity index is 829. The van der Waals surface area contributed by atoms with Crippen molar-refractivity contribution < 1.29 is 8.42 Å². The first-order chi connectivity index (χ1) is 12.1. The van der Waals surface area contributed by atoms with Crippen molar-refractivity contribution in [3.05, 3.63) is 48.4 Å². The van der Waals surface area contributed by atoms with Crippen LogP contribution in [0, 0.1) is 0 Å². The Hall–Kier alpha value is -2.32. The summed E-state index contributed by atoms with van der Waals surface area (Å²) in [5, 5.41) is 4.23. The van der Waals surface area contributed by atoms with Crippen LogP contribution in [0.15, 0.2) is 52.7 Å². The highest BCUT2D eigenvalue weighted by atomic mass is 32.2. The van der Waals surface area contributed by atoms with Gasteiger partial charge >= 0.3 is 0 Å². The molecule has 1 N–H and O–H groups in total. The highest BCUT2D eigenvalue weighted by Crippen LogP contribution is 2.20. The molecule has 1 saturated heterocycles. The van der Waals surface area contributed by atoms with E-state index in [0.29, 0.717) is 24.6 Å². The summed E-state index contributed by atoms with van der Waals surface area (Å²) in [5.74, 6) is 0.480. The van der Waals surface area contributed by atoms with E-state index in [4.69, 9.17) is 0 Å². The second kappa shape index (κ2) is 7.71. The van der Waals surface area contributed by atoms with Crippen molar-refractivity contribution >= 4 is 21.6 Å². The molecule has 0 unspecified atom stereocenters. The molecule has 1 aliphatic rings. The Labute approximate surface area is 147 Å². The topological polar surface area (TPSA) is 87.5 Å².